The van der Waals surface area contributed by atoms with E-state index in [-0.39, 0.29) is 13.2 Å². The topological polar surface area (TPSA) is 92.2 Å². The first-order valence-corrected chi connectivity index (χ1v) is 8.15. The van der Waals surface area contributed by atoms with E-state index in [1.165, 1.54) is 0 Å². The lowest BCUT2D eigenvalue weighted by Crippen LogP contribution is -2.29. The maximum absolute atomic E-state index is 9.17. The molecule has 0 atom stereocenters. The van der Waals surface area contributed by atoms with Gasteiger partial charge in [-0.1, -0.05) is 17.7 Å². The van der Waals surface area contributed by atoms with Gasteiger partial charge in [0.05, 0.1) is 35.2 Å². The minimum atomic E-state index is -0.00549. The van der Waals surface area contributed by atoms with Gasteiger partial charge in [0.25, 0.3) is 0 Å². The van der Waals surface area contributed by atoms with Gasteiger partial charge >= 0.3 is 0 Å². The zero-order valence-electron chi connectivity index (χ0n) is 13.9. The van der Waals surface area contributed by atoms with E-state index in [0.717, 1.165) is 11.3 Å². The number of aliphatic hydroxyl groups is 2. The van der Waals surface area contributed by atoms with Crippen LogP contribution in [-0.4, -0.2) is 36.5 Å². The Bertz CT molecular complexity index is 796. The highest BCUT2D eigenvalue weighted by molar-refractivity contribution is 6.32. The average Bonchev–Trinajstić information content (AvgIpc) is 2.61. The second-order valence-corrected chi connectivity index (χ2v) is 5.79. The lowest BCUT2D eigenvalue weighted by Gasteiger charge is -2.23. The van der Waals surface area contributed by atoms with E-state index in [1.54, 1.807) is 18.2 Å². The molecule has 0 bridgehead atoms. The van der Waals surface area contributed by atoms with Crippen molar-refractivity contribution in [2.75, 3.05) is 31.2 Å². The second kappa shape index (κ2) is 9.14. The summed E-state index contributed by atoms with van der Waals surface area (Å²) >= 11 is 6.00. The number of aryl methyl sites for hydroxylation is 1. The summed E-state index contributed by atoms with van der Waals surface area (Å²) in [5.74, 6) is 0. The molecule has 0 saturated carbocycles. The monoisotopic (exact) mass is 358 g/mol. The fourth-order valence-electron chi connectivity index (χ4n) is 2.28. The lowest BCUT2D eigenvalue weighted by atomic mass is 10.1. The Balaban J connectivity index is 2.28. The van der Waals surface area contributed by atoms with Gasteiger partial charge in [-0.2, -0.15) is 15.5 Å². The molecule has 130 valence electrons. The summed E-state index contributed by atoms with van der Waals surface area (Å²) in [5.41, 5.74) is 3.42. The first-order chi connectivity index (χ1) is 12.1. The Labute approximate surface area is 151 Å². The van der Waals surface area contributed by atoms with Crippen molar-refractivity contribution >= 4 is 28.7 Å². The molecule has 0 unspecified atom stereocenters. The van der Waals surface area contributed by atoms with Crippen LogP contribution < -0.4 is 4.90 Å². The average molecular weight is 359 g/mol. The molecule has 2 aromatic carbocycles. The Kier molecular flexibility index (Phi) is 6.90. The first-order valence-electron chi connectivity index (χ1n) is 7.77. The zero-order chi connectivity index (χ0) is 18.2. The SMILES string of the molecule is Cc1ccc(N(CCO)CCO)cc1N=Nc1ccc(C#N)c(Cl)c1. The molecular formula is C18H19ClN4O2. The first kappa shape index (κ1) is 18.9. The fourth-order valence-corrected chi connectivity index (χ4v) is 2.50. The highest BCUT2D eigenvalue weighted by Crippen LogP contribution is 2.29. The minimum Gasteiger partial charge on any atom is -0.395 e. The van der Waals surface area contributed by atoms with E-state index in [4.69, 9.17) is 27.1 Å². The van der Waals surface area contributed by atoms with Crippen molar-refractivity contribution in [2.24, 2.45) is 10.2 Å². The van der Waals surface area contributed by atoms with Gasteiger partial charge in [0.15, 0.2) is 0 Å². The minimum absolute atomic E-state index is 0.00549. The molecule has 0 spiro atoms. The highest BCUT2D eigenvalue weighted by atomic mass is 35.5. The summed E-state index contributed by atoms with van der Waals surface area (Å²) in [6.45, 7) is 2.76. The van der Waals surface area contributed by atoms with Crippen LogP contribution >= 0.6 is 11.6 Å². The van der Waals surface area contributed by atoms with E-state index >= 15 is 0 Å². The van der Waals surface area contributed by atoms with Gasteiger partial charge in [0.1, 0.15) is 6.07 Å². The third-order valence-electron chi connectivity index (χ3n) is 3.64. The number of benzene rings is 2. The van der Waals surface area contributed by atoms with Crippen molar-refractivity contribution in [3.05, 3.63) is 52.5 Å². The summed E-state index contributed by atoms with van der Waals surface area (Å²) in [6, 6.07) is 12.6. The summed E-state index contributed by atoms with van der Waals surface area (Å²) < 4.78 is 0. The number of aliphatic hydroxyl groups excluding tert-OH is 2. The molecule has 0 radical (unpaired) electrons. The zero-order valence-corrected chi connectivity index (χ0v) is 14.6. The van der Waals surface area contributed by atoms with Crippen LogP contribution in [0.2, 0.25) is 5.02 Å². The van der Waals surface area contributed by atoms with E-state index in [9.17, 15) is 0 Å². The third-order valence-corrected chi connectivity index (χ3v) is 3.96. The van der Waals surface area contributed by atoms with Crippen LogP contribution in [-0.2, 0) is 0 Å². The quantitative estimate of drug-likeness (QED) is 0.737. The summed E-state index contributed by atoms with van der Waals surface area (Å²) in [6.07, 6.45) is 0. The lowest BCUT2D eigenvalue weighted by molar-refractivity contribution is 0.281. The fraction of sp³-hybridized carbons (Fsp3) is 0.278. The van der Waals surface area contributed by atoms with Crippen molar-refractivity contribution in [3.63, 3.8) is 0 Å². The van der Waals surface area contributed by atoms with Crippen LogP contribution in [0.15, 0.2) is 46.6 Å². The van der Waals surface area contributed by atoms with Crippen LogP contribution in [0.5, 0.6) is 0 Å². The molecule has 0 aliphatic heterocycles. The van der Waals surface area contributed by atoms with Crippen LogP contribution in [0.25, 0.3) is 0 Å². The van der Waals surface area contributed by atoms with Crippen LogP contribution in [0, 0.1) is 18.3 Å². The predicted molar refractivity (Wildman–Crippen MR) is 97.9 cm³/mol. The normalized spacial score (nSPS) is 10.8. The smallest absolute Gasteiger partial charge is 0.101 e. The van der Waals surface area contributed by atoms with Crippen molar-refractivity contribution in [3.8, 4) is 6.07 Å². The molecule has 0 aromatic heterocycles. The van der Waals surface area contributed by atoms with Crippen molar-refractivity contribution in [1.82, 2.24) is 0 Å². The van der Waals surface area contributed by atoms with Gasteiger partial charge in [-0.3, -0.25) is 0 Å². The molecule has 0 aliphatic carbocycles. The number of anilines is 1. The number of azo groups is 1. The van der Waals surface area contributed by atoms with Crippen molar-refractivity contribution in [1.29, 1.82) is 5.26 Å². The summed E-state index contributed by atoms with van der Waals surface area (Å²) in [4.78, 5) is 1.87. The number of halogens is 1. The molecule has 2 rings (SSSR count). The highest BCUT2D eigenvalue weighted by Gasteiger charge is 2.08. The Morgan fingerprint density at radius 2 is 1.80 bits per heavy atom. The molecule has 0 amide bonds. The second-order valence-electron chi connectivity index (χ2n) is 5.38. The maximum atomic E-state index is 9.17. The standard InChI is InChI=1S/C18H19ClN4O2/c1-13-2-5-16(23(6-8-24)7-9-25)11-18(13)22-21-15-4-3-14(12-20)17(19)10-15/h2-5,10-11,24-25H,6-9H2,1H3. The van der Waals surface area contributed by atoms with Gasteiger partial charge in [-0.25, -0.2) is 0 Å². The molecule has 6 nitrogen and oxygen atoms in total. The van der Waals surface area contributed by atoms with E-state index in [2.05, 4.69) is 10.2 Å². The van der Waals surface area contributed by atoms with Crippen LogP contribution in [0.4, 0.5) is 17.1 Å². The Morgan fingerprint density at radius 1 is 1.08 bits per heavy atom. The predicted octanol–water partition coefficient (Wildman–Crippen LogP) is 3.73. The number of hydrogen-bond acceptors (Lipinski definition) is 6. The van der Waals surface area contributed by atoms with Crippen LogP contribution in [0.3, 0.4) is 0 Å². The largest absolute Gasteiger partial charge is 0.395 e. The molecule has 7 heteroatoms. The number of hydrogen-bond donors (Lipinski definition) is 2. The van der Waals surface area contributed by atoms with Gasteiger partial charge in [0, 0.05) is 18.8 Å². The molecule has 0 heterocycles. The molecule has 2 N–H and O–H groups in total. The summed E-state index contributed by atoms with van der Waals surface area (Å²) in [5, 5.41) is 36.0. The molecule has 25 heavy (non-hydrogen) atoms. The van der Waals surface area contributed by atoms with E-state index in [1.807, 2.05) is 36.1 Å². The molecule has 0 aliphatic rings. The molecule has 0 fully saturated rings. The number of nitriles is 1. The Hall–Kier alpha value is -2.46. The molecule has 0 saturated heterocycles. The van der Waals surface area contributed by atoms with Gasteiger partial charge in [-0.15, -0.1) is 0 Å². The summed E-state index contributed by atoms with van der Waals surface area (Å²) in [7, 11) is 0. The van der Waals surface area contributed by atoms with E-state index < -0.39 is 0 Å². The van der Waals surface area contributed by atoms with E-state index in [0.29, 0.717) is 35.1 Å². The molecular weight excluding hydrogens is 340 g/mol. The van der Waals surface area contributed by atoms with Gasteiger partial charge in [0.2, 0.25) is 0 Å². The van der Waals surface area contributed by atoms with Gasteiger partial charge < -0.3 is 15.1 Å². The van der Waals surface area contributed by atoms with Gasteiger partial charge in [-0.05, 0) is 42.8 Å². The number of nitrogens with zero attached hydrogens (tertiary/aromatic N) is 4. The van der Waals surface area contributed by atoms with Crippen molar-refractivity contribution in [2.45, 2.75) is 6.92 Å². The number of rotatable bonds is 7. The molecule has 2 aromatic rings. The third kappa shape index (κ3) is 5.00. The van der Waals surface area contributed by atoms with Crippen molar-refractivity contribution < 1.29 is 10.2 Å². The maximum Gasteiger partial charge on any atom is 0.101 e. The Morgan fingerprint density at radius 3 is 2.40 bits per heavy atom. The van der Waals surface area contributed by atoms with Crippen LogP contribution in [0.1, 0.15) is 11.1 Å².